The summed E-state index contributed by atoms with van der Waals surface area (Å²) < 4.78 is 0. The highest BCUT2D eigenvalue weighted by Crippen LogP contribution is 2.20. The summed E-state index contributed by atoms with van der Waals surface area (Å²) in [6, 6.07) is 18.6. The summed E-state index contributed by atoms with van der Waals surface area (Å²) in [4.78, 5) is 16.2. The zero-order chi connectivity index (χ0) is 16.8. The number of hydrogen-bond donors (Lipinski definition) is 1. The second-order valence-electron chi connectivity index (χ2n) is 5.98. The Bertz CT molecular complexity index is 652. The van der Waals surface area contributed by atoms with Crippen LogP contribution in [0, 0.1) is 0 Å². The molecular weight excluding hydrogens is 322 g/mol. The number of nitrogens with zero attached hydrogens (tertiary/aromatic N) is 2. The van der Waals surface area contributed by atoms with E-state index in [9.17, 15) is 4.79 Å². The first-order chi connectivity index (χ1) is 11.7. The van der Waals surface area contributed by atoms with Crippen LogP contribution in [-0.4, -0.2) is 42.9 Å². The third-order valence-corrected chi connectivity index (χ3v) is 4.50. The van der Waals surface area contributed by atoms with Crippen LogP contribution >= 0.6 is 11.6 Å². The first-order valence-corrected chi connectivity index (χ1v) is 8.75. The van der Waals surface area contributed by atoms with E-state index in [-0.39, 0.29) is 11.8 Å². The minimum atomic E-state index is -0.182. The molecule has 0 atom stereocenters. The molecule has 1 fully saturated rings. The van der Waals surface area contributed by atoms with E-state index in [0.29, 0.717) is 0 Å². The number of carbonyl (C=O) groups excluding carboxylic acids is 1. The van der Waals surface area contributed by atoms with Crippen LogP contribution in [-0.2, 0) is 11.3 Å². The first-order valence-electron chi connectivity index (χ1n) is 8.22. The summed E-state index contributed by atoms with van der Waals surface area (Å²) in [6.07, 6.45) is 0. The van der Waals surface area contributed by atoms with Crippen LogP contribution in [0.15, 0.2) is 54.6 Å². The molecule has 0 aromatic heterocycles. The molecule has 1 aliphatic rings. The molecule has 1 aliphatic heterocycles. The Morgan fingerprint density at radius 1 is 0.958 bits per heavy atom. The molecular formula is C19H22ClN3O. The quantitative estimate of drug-likeness (QED) is 0.847. The molecule has 2 aromatic carbocycles. The highest BCUT2D eigenvalue weighted by Gasteiger charge is 2.17. The van der Waals surface area contributed by atoms with Crippen molar-refractivity contribution in [3.63, 3.8) is 0 Å². The van der Waals surface area contributed by atoms with Gasteiger partial charge in [0.2, 0.25) is 5.91 Å². The Kier molecular flexibility index (Phi) is 5.72. The highest BCUT2D eigenvalue weighted by molar-refractivity contribution is 6.29. The third-order valence-electron chi connectivity index (χ3n) is 4.26. The van der Waals surface area contributed by atoms with Gasteiger partial charge in [-0.2, -0.15) is 0 Å². The van der Waals surface area contributed by atoms with E-state index >= 15 is 0 Å². The van der Waals surface area contributed by atoms with Gasteiger partial charge in [0.25, 0.3) is 0 Å². The maximum Gasteiger partial charge on any atom is 0.239 e. The van der Waals surface area contributed by atoms with Crippen molar-refractivity contribution in [1.82, 2.24) is 4.90 Å². The van der Waals surface area contributed by atoms with Crippen LogP contribution in [0.25, 0.3) is 0 Å². The smallest absolute Gasteiger partial charge is 0.239 e. The van der Waals surface area contributed by atoms with Gasteiger partial charge in [-0.25, -0.2) is 0 Å². The Morgan fingerprint density at radius 3 is 2.25 bits per heavy atom. The summed E-state index contributed by atoms with van der Waals surface area (Å²) in [6.45, 7) is 5.15. The number of amides is 1. The molecule has 1 amide bonds. The maximum absolute atomic E-state index is 11.3. The van der Waals surface area contributed by atoms with Gasteiger partial charge >= 0.3 is 0 Å². The molecule has 3 rings (SSSR count). The number of alkyl halides is 1. The molecule has 0 saturated carbocycles. The molecule has 5 heteroatoms. The Labute approximate surface area is 148 Å². The van der Waals surface area contributed by atoms with Crippen molar-refractivity contribution in [3.05, 3.63) is 60.2 Å². The lowest BCUT2D eigenvalue weighted by atomic mass is 10.2. The van der Waals surface area contributed by atoms with Gasteiger partial charge in [0.05, 0.1) is 0 Å². The van der Waals surface area contributed by atoms with Gasteiger partial charge in [-0.15, -0.1) is 11.6 Å². The van der Waals surface area contributed by atoms with E-state index < -0.39 is 0 Å². The predicted octanol–water partition coefficient (Wildman–Crippen LogP) is 3.19. The standard InChI is InChI=1S/C19H22ClN3O/c20-14-19(24)21-17-6-8-18(9-7-17)23-12-10-22(11-13-23)15-16-4-2-1-3-5-16/h1-9H,10-15H2,(H,21,24). The summed E-state index contributed by atoms with van der Waals surface area (Å²) in [7, 11) is 0. The Hall–Kier alpha value is -2.04. The van der Waals surface area contributed by atoms with Crippen LogP contribution in [0.2, 0.25) is 0 Å². The van der Waals surface area contributed by atoms with Crippen molar-refractivity contribution in [2.24, 2.45) is 0 Å². The summed E-state index contributed by atoms with van der Waals surface area (Å²) in [5.74, 6) is -0.204. The van der Waals surface area contributed by atoms with Crippen molar-refractivity contribution >= 4 is 28.9 Å². The molecule has 1 saturated heterocycles. The van der Waals surface area contributed by atoms with Gasteiger partial charge in [-0.3, -0.25) is 9.69 Å². The monoisotopic (exact) mass is 343 g/mol. The van der Waals surface area contributed by atoms with E-state index in [0.717, 1.165) is 38.4 Å². The minimum Gasteiger partial charge on any atom is -0.369 e. The van der Waals surface area contributed by atoms with Crippen LogP contribution < -0.4 is 10.2 Å². The molecule has 0 radical (unpaired) electrons. The Balaban J connectivity index is 1.52. The van der Waals surface area contributed by atoms with Crippen LogP contribution in [0.4, 0.5) is 11.4 Å². The van der Waals surface area contributed by atoms with Gasteiger partial charge in [-0.05, 0) is 29.8 Å². The topological polar surface area (TPSA) is 35.6 Å². The van der Waals surface area contributed by atoms with E-state index in [4.69, 9.17) is 11.6 Å². The lowest BCUT2D eigenvalue weighted by Gasteiger charge is -2.36. The number of halogens is 1. The molecule has 2 aromatic rings. The van der Waals surface area contributed by atoms with Crippen molar-refractivity contribution in [3.8, 4) is 0 Å². The van der Waals surface area contributed by atoms with Crippen molar-refractivity contribution in [2.75, 3.05) is 42.3 Å². The number of anilines is 2. The summed E-state index contributed by atoms with van der Waals surface area (Å²) in [5, 5.41) is 2.76. The van der Waals surface area contributed by atoms with Crippen LogP contribution in [0.3, 0.4) is 0 Å². The zero-order valence-electron chi connectivity index (χ0n) is 13.6. The van der Waals surface area contributed by atoms with Gasteiger partial charge in [-0.1, -0.05) is 30.3 Å². The molecule has 1 heterocycles. The lowest BCUT2D eigenvalue weighted by molar-refractivity contribution is -0.113. The predicted molar refractivity (Wildman–Crippen MR) is 99.7 cm³/mol. The lowest BCUT2D eigenvalue weighted by Crippen LogP contribution is -2.45. The van der Waals surface area contributed by atoms with E-state index in [1.807, 2.05) is 12.1 Å². The summed E-state index contributed by atoms with van der Waals surface area (Å²) in [5.41, 5.74) is 3.34. The molecule has 0 unspecified atom stereocenters. The van der Waals surface area contributed by atoms with E-state index in [1.54, 1.807) is 0 Å². The Morgan fingerprint density at radius 2 is 1.62 bits per heavy atom. The minimum absolute atomic E-state index is 0.0227. The molecule has 0 spiro atoms. The molecule has 4 nitrogen and oxygen atoms in total. The normalized spacial score (nSPS) is 15.3. The number of carbonyl (C=O) groups is 1. The average Bonchev–Trinajstić information content (AvgIpc) is 2.64. The van der Waals surface area contributed by atoms with Crippen molar-refractivity contribution in [2.45, 2.75) is 6.54 Å². The van der Waals surface area contributed by atoms with Crippen LogP contribution in [0.1, 0.15) is 5.56 Å². The zero-order valence-corrected chi connectivity index (χ0v) is 14.4. The average molecular weight is 344 g/mol. The fourth-order valence-corrected chi connectivity index (χ4v) is 3.02. The second-order valence-corrected chi connectivity index (χ2v) is 6.24. The number of rotatable bonds is 5. The SMILES string of the molecule is O=C(CCl)Nc1ccc(N2CCN(Cc3ccccc3)CC2)cc1. The van der Waals surface area contributed by atoms with Gasteiger partial charge < -0.3 is 10.2 Å². The first kappa shape index (κ1) is 16.8. The molecule has 126 valence electrons. The number of hydrogen-bond acceptors (Lipinski definition) is 3. The van der Waals surface area contributed by atoms with Gasteiger partial charge in [0.15, 0.2) is 0 Å². The van der Waals surface area contributed by atoms with E-state index in [1.165, 1.54) is 11.3 Å². The maximum atomic E-state index is 11.3. The molecule has 0 bridgehead atoms. The largest absolute Gasteiger partial charge is 0.369 e. The fourth-order valence-electron chi connectivity index (χ4n) is 2.96. The van der Waals surface area contributed by atoms with Gasteiger partial charge in [0.1, 0.15) is 5.88 Å². The van der Waals surface area contributed by atoms with Crippen molar-refractivity contribution < 1.29 is 4.79 Å². The van der Waals surface area contributed by atoms with Gasteiger partial charge in [0, 0.05) is 44.1 Å². The number of piperazine rings is 1. The second kappa shape index (κ2) is 8.18. The number of benzene rings is 2. The van der Waals surface area contributed by atoms with Crippen LogP contribution in [0.5, 0.6) is 0 Å². The van der Waals surface area contributed by atoms with E-state index in [2.05, 4.69) is 57.6 Å². The summed E-state index contributed by atoms with van der Waals surface area (Å²) >= 11 is 5.50. The molecule has 24 heavy (non-hydrogen) atoms. The fraction of sp³-hybridized carbons (Fsp3) is 0.316. The van der Waals surface area contributed by atoms with Crippen molar-refractivity contribution in [1.29, 1.82) is 0 Å². The number of nitrogens with one attached hydrogen (secondary N) is 1. The molecule has 0 aliphatic carbocycles. The molecule has 1 N–H and O–H groups in total. The third kappa shape index (κ3) is 4.49. The highest BCUT2D eigenvalue weighted by atomic mass is 35.5.